The first-order valence-electron chi connectivity index (χ1n) is 7.51. The summed E-state index contributed by atoms with van der Waals surface area (Å²) < 4.78 is 2.27. The van der Waals surface area contributed by atoms with Gasteiger partial charge in [-0.15, -0.1) is 0 Å². The lowest BCUT2D eigenvalue weighted by Gasteiger charge is -2.40. The van der Waals surface area contributed by atoms with Crippen LogP contribution in [-0.4, -0.2) is 36.1 Å². The molecule has 0 saturated carbocycles. The molecule has 20 heavy (non-hydrogen) atoms. The van der Waals surface area contributed by atoms with Gasteiger partial charge < -0.3 is 15.2 Å². The fourth-order valence-electron chi connectivity index (χ4n) is 3.72. The Bertz CT molecular complexity index is 618. The van der Waals surface area contributed by atoms with Gasteiger partial charge in [-0.3, -0.25) is 0 Å². The molecule has 3 rings (SSSR count). The van der Waals surface area contributed by atoms with E-state index in [1.54, 1.807) is 0 Å². The van der Waals surface area contributed by atoms with E-state index in [4.69, 9.17) is 5.73 Å². The van der Waals surface area contributed by atoms with E-state index >= 15 is 0 Å². The summed E-state index contributed by atoms with van der Waals surface area (Å²) in [6, 6.07) is 6.61. The number of likely N-dealkylation sites (tertiary alicyclic amines) is 1. The van der Waals surface area contributed by atoms with Crippen LogP contribution in [0, 0.1) is 6.92 Å². The molecular formula is C17H25N3. The molecule has 3 nitrogen and oxygen atoms in total. The Morgan fingerprint density at radius 3 is 2.55 bits per heavy atom. The van der Waals surface area contributed by atoms with Gasteiger partial charge in [-0.05, 0) is 51.0 Å². The molecule has 0 unspecified atom stereocenters. The number of aromatic nitrogens is 1. The molecule has 0 amide bonds. The molecule has 1 aromatic carbocycles. The zero-order valence-electron chi connectivity index (χ0n) is 12.8. The molecule has 1 fully saturated rings. The minimum atomic E-state index is 0.153. The summed E-state index contributed by atoms with van der Waals surface area (Å²) in [6.45, 7) is 5.21. The van der Waals surface area contributed by atoms with Gasteiger partial charge in [0, 0.05) is 30.6 Å². The average Bonchev–Trinajstić information content (AvgIpc) is 2.79. The van der Waals surface area contributed by atoms with Crippen molar-refractivity contribution in [1.82, 2.24) is 9.47 Å². The van der Waals surface area contributed by atoms with Crippen LogP contribution in [0.3, 0.4) is 0 Å². The second kappa shape index (κ2) is 4.90. The summed E-state index contributed by atoms with van der Waals surface area (Å²) in [6.07, 6.45) is 4.63. The smallest absolute Gasteiger partial charge is 0.0510 e. The molecule has 0 radical (unpaired) electrons. The van der Waals surface area contributed by atoms with Gasteiger partial charge in [-0.1, -0.05) is 18.2 Å². The van der Waals surface area contributed by atoms with E-state index in [1.807, 2.05) is 0 Å². The maximum atomic E-state index is 6.23. The topological polar surface area (TPSA) is 34.2 Å². The molecule has 0 bridgehead atoms. The highest BCUT2D eigenvalue weighted by Crippen LogP contribution is 2.39. The van der Waals surface area contributed by atoms with Crippen molar-refractivity contribution in [1.29, 1.82) is 0 Å². The van der Waals surface area contributed by atoms with Gasteiger partial charge in [0.2, 0.25) is 0 Å². The van der Waals surface area contributed by atoms with Crippen molar-refractivity contribution in [3.05, 3.63) is 35.5 Å². The van der Waals surface area contributed by atoms with E-state index in [0.29, 0.717) is 0 Å². The van der Waals surface area contributed by atoms with Crippen LogP contribution >= 0.6 is 0 Å². The molecule has 2 heterocycles. The molecule has 0 spiro atoms. The number of nitrogens with zero attached hydrogens (tertiary/aromatic N) is 2. The van der Waals surface area contributed by atoms with E-state index in [-0.39, 0.29) is 5.41 Å². The summed E-state index contributed by atoms with van der Waals surface area (Å²) in [5.74, 6) is 0. The van der Waals surface area contributed by atoms with Crippen LogP contribution < -0.4 is 5.73 Å². The fraction of sp³-hybridized carbons (Fsp3) is 0.529. The highest BCUT2D eigenvalue weighted by Gasteiger charge is 2.36. The number of hydrogen-bond acceptors (Lipinski definition) is 2. The third kappa shape index (κ3) is 1.97. The lowest BCUT2D eigenvalue weighted by molar-refractivity contribution is 0.192. The highest BCUT2D eigenvalue weighted by atomic mass is 15.1. The number of benzene rings is 1. The largest absolute Gasteiger partial charge is 0.350 e. The summed E-state index contributed by atoms with van der Waals surface area (Å²) in [5.41, 5.74) is 10.5. The molecule has 3 heteroatoms. The summed E-state index contributed by atoms with van der Waals surface area (Å²) >= 11 is 0. The first-order chi connectivity index (χ1) is 9.57. The monoisotopic (exact) mass is 271 g/mol. The molecule has 2 N–H and O–H groups in total. The SMILES string of the molecule is Cc1cccc2c(C3(CN)CCN(C)CC3)cn(C)c12. The van der Waals surface area contributed by atoms with Crippen molar-refractivity contribution >= 4 is 10.9 Å². The van der Waals surface area contributed by atoms with Crippen LogP contribution in [0.15, 0.2) is 24.4 Å². The van der Waals surface area contributed by atoms with E-state index in [9.17, 15) is 0 Å². The highest BCUT2D eigenvalue weighted by molar-refractivity contribution is 5.87. The van der Waals surface area contributed by atoms with Crippen molar-refractivity contribution in [3.8, 4) is 0 Å². The Kier molecular flexibility index (Phi) is 3.35. The van der Waals surface area contributed by atoms with Crippen LogP contribution in [0.25, 0.3) is 10.9 Å². The van der Waals surface area contributed by atoms with Gasteiger partial charge in [0.05, 0.1) is 5.52 Å². The van der Waals surface area contributed by atoms with E-state index < -0.39 is 0 Å². The Morgan fingerprint density at radius 1 is 1.20 bits per heavy atom. The maximum Gasteiger partial charge on any atom is 0.0510 e. The first-order valence-corrected chi connectivity index (χ1v) is 7.51. The number of piperidine rings is 1. The number of para-hydroxylation sites is 1. The molecule has 2 aromatic rings. The number of nitrogens with two attached hydrogens (primary N) is 1. The standard InChI is InChI=1S/C17H25N3/c1-13-5-4-6-14-15(11-20(3)16(13)14)17(12-18)7-9-19(2)10-8-17/h4-6,11H,7-10,12,18H2,1-3H3. The fourth-order valence-corrected chi connectivity index (χ4v) is 3.72. The van der Waals surface area contributed by atoms with Crippen LogP contribution in [0.4, 0.5) is 0 Å². The predicted octanol–water partition coefficient (Wildman–Crippen LogP) is 2.41. The molecule has 1 saturated heterocycles. The minimum Gasteiger partial charge on any atom is -0.350 e. The maximum absolute atomic E-state index is 6.23. The van der Waals surface area contributed by atoms with Crippen molar-refractivity contribution in [3.63, 3.8) is 0 Å². The van der Waals surface area contributed by atoms with Crippen LogP contribution in [-0.2, 0) is 12.5 Å². The molecule has 0 atom stereocenters. The van der Waals surface area contributed by atoms with Crippen molar-refractivity contribution in [2.24, 2.45) is 12.8 Å². The zero-order chi connectivity index (χ0) is 14.3. The number of hydrogen-bond donors (Lipinski definition) is 1. The molecular weight excluding hydrogens is 246 g/mol. The molecule has 1 aliphatic heterocycles. The Hall–Kier alpha value is -1.32. The minimum absolute atomic E-state index is 0.153. The first kappa shape index (κ1) is 13.7. The van der Waals surface area contributed by atoms with Gasteiger partial charge >= 0.3 is 0 Å². The van der Waals surface area contributed by atoms with E-state index in [0.717, 1.165) is 32.5 Å². The van der Waals surface area contributed by atoms with Gasteiger partial charge in [0.15, 0.2) is 0 Å². The number of aryl methyl sites for hydroxylation is 2. The molecule has 0 aliphatic carbocycles. The molecule has 1 aromatic heterocycles. The normalized spacial score (nSPS) is 19.6. The second-order valence-corrected chi connectivity index (χ2v) is 6.41. The molecule has 108 valence electrons. The second-order valence-electron chi connectivity index (χ2n) is 6.41. The van der Waals surface area contributed by atoms with Crippen molar-refractivity contribution in [2.75, 3.05) is 26.7 Å². The Morgan fingerprint density at radius 2 is 1.90 bits per heavy atom. The molecule has 1 aliphatic rings. The van der Waals surface area contributed by atoms with Crippen LogP contribution in [0.2, 0.25) is 0 Å². The van der Waals surface area contributed by atoms with Gasteiger partial charge in [0.1, 0.15) is 0 Å². The van der Waals surface area contributed by atoms with Gasteiger partial charge in [0.25, 0.3) is 0 Å². The van der Waals surface area contributed by atoms with Crippen LogP contribution in [0.5, 0.6) is 0 Å². The zero-order valence-corrected chi connectivity index (χ0v) is 12.8. The lowest BCUT2D eigenvalue weighted by Crippen LogP contribution is -2.45. The van der Waals surface area contributed by atoms with Gasteiger partial charge in [-0.2, -0.15) is 0 Å². The summed E-state index contributed by atoms with van der Waals surface area (Å²) in [4.78, 5) is 2.41. The summed E-state index contributed by atoms with van der Waals surface area (Å²) in [5, 5.41) is 1.39. The Balaban J connectivity index is 2.16. The van der Waals surface area contributed by atoms with E-state index in [1.165, 1.54) is 22.0 Å². The number of rotatable bonds is 2. The van der Waals surface area contributed by atoms with Crippen LogP contribution in [0.1, 0.15) is 24.0 Å². The lowest BCUT2D eigenvalue weighted by atomic mass is 9.73. The third-order valence-electron chi connectivity index (χ3n) is 5.11. The quantitative estimate of drug-likeness (QED) is 0.910. The predicted molar refractivity (Wildman–Crippen MR) is 85.1 cm³/mol. The van der Waals surface area contributed by atoms with Crippen molar-refractivity contribution < 1.29 is 0 Å². The summed E-state index contributed by atoms with van der Waals surface area (Å²) in [7, 11) is 4.35. The third-order valence-corrected chi connectivity index (χ3v) is 5.11. The van der Waals surface area contributed by atoms with Crippen molar-refractivity contribution in [2.45, 2.75) is 25.2 Å². The van der Waals surface area contributed by atoms with E-state index in [2.05, 4.69) is 54.9 Å². The van der Waals surface area contributed by atoms with Gasteiger partial charge in [-0.25, -0.2) is 0 Å². The average molecular weight is 271 g/mol. The number of fused-ring (bicyclic) bond motifs is 1. The Labute approximate surface area is 121 Å².